The Morgan fingerprint density at radius 1 is 1.22 bits per heavy atom. The Bertz CT molecular complexity index is 245. The molecular formula is C12H26ClN3O2. The summed E-state index contributed by atoms with van der Waals surface area (Å²) >= 11 is 0. The van der Waals surface area contributed by atoms with Gasteiger partial charge in [0.2, 0.25) is 11.8 Å². The van der Waals surface area contributed by atoms with Gasteiger partial charge >= 0.3 is 0 Å². The van der Waals surface area contributed by atoms with Crippen LogP contribution in [0.25, 0.3) is 0 Å². The zero-order valence-electron chi connectivity index (χ0n) is 11.6. The molecule has 3 N–H and O–H groups in total. The first-order valence-corrected chi connectivity index (χ1v) is 6.29. The van der Waals surface area contributed by atoms with E-state index in [1.807, 2.05) is 20.8 Å². The molecule has 0 aliphatic carbocycles. The quantitative estimate of drug-likeness (QED) is 0.689. The second-order valence-corrected chi connectivity index (χ2v) is 4.21. The first kappa shape index (κ1) is 19.5. The largest absolute Gasteiger partial charge is 0.356 e. The van der Waals surface area contributed by atoms with Gasteiger partial charge in [-0.25, -0.2) is 0 Å². The van der Waals surface area contributed by atoms with Gasteiger partial charge in [0.05, 0.1) is 0 Å². The fourth-order valence-electron chi connectivity index (χ4n) is 1.41. The van der Waals surface area contributed by atoms with E-state index in [4.69, 9.17) is 5.73 Å². The zero-order valence-corrected chi connectivity index (χ0v) is 12.4. The normalized spacial score (nSPS) is 11.3. The van der Waals surface area contributed by atoms with Gasteiger partial charge in [-0.1, -0.05) is 6.92 Å². The highest BCUT2D eigenvalue weighted by Gasteiger charge is 2.12. The number of hydrogen-bond donors (Lipinski definition) is 2. The molecule has 0 bridgehead atoms. The summed E-state index contributed by atoms with van der Waals surface area (Å²) in [6.07, 6.45) is 0.539. The molecule has 0 heterocycles. The predicted octanol–water partition coefficient (Wildman–Crippen LogP) is 0.768. The van der Waals surface area contributed by atoms with Gasteiger partial charge < -0.3 is 16.0 Å². The van der Waals surface area contributed by atoms with E-state index in [1.54, 1.807) is 4.90 Å². The molecule has 0 aromatic rings. The molecule has 2 amide bonds. The molecule has 18 heavy (non-hydrogen) atoms. The predicted molar refractivity (Wildman–Crippen MR) is 75.6 cm³/mol. The first-order chi connectivity index (χ1) is 8.04. The maximum atomic E-state index is 11.6. The highest BCUT2D eigenvalue weighted by molar-refractivity contribution is 5.85. The summed E-state index contributed by atoms with van der Waals surface area (Å²) in [5.74, 6) is 0.236. The minimum absolute atomic E-state index is 0. The summed E-state index contributed by atoms with van der Waals surface area (Å²) in [7, 11) is 0. The van der Waals surface area contributed by atoms with Gasteiger partial charge in [0.25, 0.3) is 0 Å². The van der Waals surface area contributed by atoms with E-state index < -0.39 is 0 Å². The van der Waals surface area contributed by atoms with Crippen molar-refractivity contribution >= 4 is 24.2 Å². The number of carbonyl (C=O) groups excluding carboxylic acids is 2. The molecule has 0 radical (unpaired) electrons. The summed E-state index contributed by atoms with van der Waals surface area (Å²) < 4.78 is 0. The minimum Gasteiger partial charge on any atom is -0.356 e. The number of nitrogens with one attached hydrogen (secondary N) is 1. The van der Waals surface area contributed by atoms with Crippen LogP contribution in [0, 0.1) is 5.92 Å². The molecule has 108 valence electrons. The molecule has 1 unspecified atom stereocenters. The third kappa shape index (κ3) is 8.31. The lowest BCUT2D eigenvalue weighted by molar-refractivity contribution is -0.133. The van der Waals surface area contributed by atoms with Gasteiger partial charge in [-0.3, -0.25) is 9.59 Å². The van der Waals surface area contributed by atoms with Crippen LogP contribution in [0.4, 0.5) is 0 Å². The molecule has 0 spiro atoms. The number of nitrogens with zero attached hydrogens (tertiary/aromatic N) is 1. The summed E-state index contributed by atoms with van der Waals surface area (Å²) in [6.45, 7) is 8.37. The van der Waals surface area contributed by atoms with E-state index in [2.05, 4.69) is 5.32 Å². The van der Waals surface area contributed by atoms with E-state index >= 15 is 0 Å². The van der Waals surface area contributed by atoms with Crippen molar-refractivity contribution < 1.29 is 9.59 Å². The number of amides is 2. The topological polar surface area (TPSA) is 75.4 Å². The number of carbonyl (C=O) groups is 2. The molecule has 0 saturated heterocycles. The van der Waals surface area contributed by atoms with Crippen molar-refractivity contribution in [2.24, 2.45) is 11.7 Å². The Morgan fingerprint density at radius 2 is 1.78 bits per heavy atom. The Balaban J connectivity index is 0. The van der Waals surface area contributed by atoms with Crippen LogP contribution in [-0.4, -0.2) is 42.9 Å². The van der Waals surface area contributed by atoms with Gasteiger partial charge in [0.15, 0.2) is 0 Å². The van der Waals surface area contributed by atoms with Crippen molar-refractivity contribution in [2.45, 2.75) is 33.6 Å². The van der Waals surface area contributed by atoms with Crippen LogP contribution < -0.4 is 11.1 Å². The van der Waals surface area contributed by atoms with Gasteiger partial charge in [-0.05, 0) is 26.3 Å². The highest BCUT2D eigenvalue weighted by Crippen LogP contribution is 1.98. The van der Waals surface area contributed by atoms with Crippen molar-refractivity contribution in [3.63, 3.8) is 0 Å². The van der Waals surface area contributed by atoms with Crippen LogP contribution in [0.1, 0.15) is 33.6 Å². The average Bonchev–Trinajstić information content (AvgIpc) is 2.34. The van der Waals surface area contributed by atoms with Crippen molar-refractivity contribution in [1.82, 2.24) is 10.2 Å². The van der Waals surface area contributed by atoms with Crippen molar-refractivity contribution in [3.8, 4) is 0 Å². The smallest absolute Gasteiger partial charge is 0.223 e. The molecule has 0 aromatic heterocycles. The fraction of sp³-hybridized carbons (Fsp3) is 0.833. The van der Waals surface area contributed by atoms with Gasteiger partial charge in [-0.15, -0.1) is 12.4 Å². The van der Waals surface area contributed by atoms with Crippen molar-refractivity contribution in [2.75, 3.05) is 26.2 Å². The molecule has 0 fully saturated rings. The molecule has 1 atom stereocenters. The molecule has 5 nitrogen and oxygen atoms in total. The third-order valence-corrected chi connectivity index (χ3v) is 2.73. The lowest BCUT2D eigenvalue weighted by atomic mass is 10.2. The summed E-state index contributed by atoms with van der Waals surface area (Å²) in [5.41, 5.74) is 5.44. The first-order valence-electron chi connectivity index (χ1n) is 6.29. The van der Waals surface area contributed by atoms with Crippen LogP contribution in [0.5, 0.6) is 0 Å². The van der Waals surface area contributed by atoms with Gasteiger partial charge in [0, 0.05) is 32.5 Å². The standard InChI is InChI=1S/C12H25N3O2.ClH/c1-4-15(5-2)12(17)7-6-11(16)14-9-10(3)8-13;/h10H,4-9,13H2,1-3H3,(H,14,16);1H. The summed E-state index contributed by atoms with van der Waals surface area (Å²) in [5, 5.41) is 2.77. The van der Waals surface area contributed by atoms with Crippen LogP contribution in [0.15, 0.2) is 0 Å². The monoisotopic (exact) mass is 279 g/mol. The number of halogens is 1. The Hall–Kier alpha value is -0.810. The molecule has 0 aliphatic heterocycles. The van der Waals surface area contributed by atoms with Crippen molar-refractivity contribution in [3.05, 3.63) is 0 Å². The van der Waals surface area contributed by atoms with E-state index in [0.717, 1.165) is 0 Å². The Morgan fingerprint density at radius 3 is 2.22 bits per heavy atom. The molecule has 0 aromatic carbocycles. The molecule has 0 rings (SSSR count). The summed E-state index contributed by atoms with van der Waals surface area (Å²) in [4.78, 5) is 24.8. The van der Waals surface area contributed by atoms with E-state index in [0.29, 0.717) is 26.2 Å². The average molecular weight is 280 g/mol. The highest BCUT2D eigenvalue weighted by atomic mass is 35.5. The fourth-order valence-corrected chi connectivity index (χ4v) is 1.41. The van der Waals surface area contributed by atoms with Crippen LogP contribution in [0.2, 0.25) is 0 Å². The Labute approximate surface area is 116 Å². The van der Waals surface area contributed by atoms with Crippen molar-refractivity contribution in [1.29, 1.82) is 0 Å². The van der Waals surface area contributed by atoms with E-state index in [1.165, 1.54) is 0 Å². The molecule has 6 heteroatoms. The number of hydrogen-bond acceptors (Lipinski definition) is 3. The lowest BCUT2D eigenvalue weighted by Gasteiger charge is -2.18. The van der Waals surface area contributed by atoms with E-state index in [9.17, 15) is 9.59 Å². The van der Waals surface area contributed by atoms with Crippen LogP contribution >= 0.6 is 12.4 Å². The van der Waals surface area contributed by atoms with Gasteiger partial charge in [0.1, 0.15) is 0 Å². The molecule has 0 saturated carbocycles. The maximum Gasteiger partial charge on any atom is 0.223 e. The molecular weight excluding hydrogens is 254 g/mol. The lowest BCUT2D eigenvalue weighted by Crippen LogP contribution is -2.34. The zero-order chi connectivity index (χ0) is 13.3. The van der Waals surface area contributed by atoms with E-state index in [-0.39, 0.29) is 43.0 Å². The Kier molecular flexibility index (Phi) is 12.2. The van der Waals surface area contributed by atoms with Crippen LogP contribution in [0.3, 0.4) is 0 Å². The second kappa shape index (κ2) is 11.3. The second-order valence-electron chi connectivity index (χ2n) is 4.21. The SMILES string of the molecule is CCN(CC)C(=O)CCC(=O)NCC(C)CN.Cl. The minimum atomic E-state index is -0.0780. The van der Waals surface area contributed by atoms with Crippen LogP contribution in [-0.2, 0) is 9.59 Å². The third-order valence-electron chi connectivity index (χ3n) is 2.73. The number of nitrogens with two attached hydrogens (primary N) is 1. The molecule has 0 aliphatic rings. The maximum absolute atomic E-state index is 11.6. The van der Waals surface area contributed by atoms with Gasteiger partial charge in [-0.2, -0.15) is 0 Å². The summed E-state index contributed by atoms with van der Waals surface area (Å²) in [6, 6.07) is 0. The number of rotatable bonds is 8.